The third kappa shape index (κ3) is 4.08. The lowest BCUT2D eigenvalue weighted by Gasteiger charge is -2.27. The summed E-state index contributed by atoms with van der Waals surface area (Å²) in [7, 11) is 0. The summed E-state index contributed by atoms with van der Waals surface area (Å²) >= 11 is 0. The van der Waals surface area contributed by atoms with E-state index in [-0.39, 0.29) is 23.6 Å². The summed E-state index contributed by atoms with van der Waals surface area (Å²) in [6, 6.07) is 1.54. The third-order valence-electron chi connectivity index (χ3n) is 4.14. The summed E-state index contributed by atoms with van der Waals surface area (Å²) in [6.07, 6.45) is 0.600. The number of nitrogens with one attached hydrogen (secondary N) is 2. The summed E-state index contributed by atoms with van der Waals surface area (Å²) in [4.78, 5) is 12.4. The summed E-state index contributed by atoms with van der Waals surface area (Å²) in [5.41, 5.74) is -0.177. The van der Waals surface area contributed by atoms with Gasteiger partial charge < -0.3 is 15.2 Å². The van der Waals surface area contributed by atoms with Gasteiger partial charge in [-0.2, -0.15) is 5.10 Å². The Labute approximate surface area is 143 Å². The number of urea groups is 1. The Morgan fingerprint density at radius 3 is 2.50 bits per heavy atom. The maximum absolute atomic E-state index is 12.4. The Hall–Kier alpha value is -1.60. The first-order valence-electron chi connectivity index (χ1n) is 8.36. The molecular formula is C17H30N4O3. The van der Waals surface area contributed by atoms with Crippen molar-refractivity contribution in [2.75, 3.05) is 25.1 Å². The van der Waals surface area contributed by atoms with E-state index >= 15 is 0 Å². The van der Waals surface area contributed by atoms with Crippen LogP contribution >= 0.6 is 0 Å². The largest absolute Gasteiger partial charge is 0.394 e. The van der Waals surface area contributed by atoms with E-state index in [4.69, 9.17) is 4.74 Å². The average molecular weight is 338 g/mol. The zero-order valence-corrected chi connectivity index (χ0v) is 15.6. The van der Waals surface area contributed by atoms with Crippen LogP contribution in [0.15, 0.2) is 6.07 Å². The summed E-state index contributed by atoms with van der Waals surface area (Å²) in [6.45, 7) is 13.1. The molecule has 1 atom stereocenters. The number of amides is 2. The molecule has 2 rings (SSSR count). The highest BCUT2D eigenvalue weighted by Gasteiger charge is 2.36. The van der Waals surface area contributed by atoms with Crippen LogP contribution in [0.3, 0.4) is 0 Å². The van der Waals surface area contributed by atoms with Gasteiger partial charge in [-0.05, 0) is 27.2 Å². The monoisotopic (exact) mass is 338 g/mol. The Kier molecular flexibility index (Phi) is 4.97. The molecule has 136 valence electrons. The lowest BCUT2D eigenvalue weighted by molar-refractivity contribution is 0.126. The van der Waals surface area contributed by atoms with E-state index < -0.39 is 5.54 Å². The average Bonchev–Trinajstić information content (AvgIpc) is 3.04. The van der Waals surface area contributed by atoms with Crippen LogP contribution in [0.1, 0.15) is 53.7 Å². The first-order valence-corrected chi connectivity index (χ1v) is 8.36. The SMILES string of the molecule is CC(C)(C)c1cc(NC(=O)NC2(CO)CCOC2)n(C(C)(C)C)n1. The molecule has 3 N–H and O–H groups in total. The van der Waals surface area contributed by atoms with Crippen LogP contribution in [0.4, 0.5) is 10.6 Å². The zero-order chi connectivity index (χ0) is 18.2. The van der Waals surface area contributed by atoms with Gasteiger partial charge in [-0.25, -0.2) is 9.48 Å². The molecule has 1 saturated heterocycles. The molecule has 0 aromatic carbocycles. The Morgan fingerprint density at radius 1 is 1.38 bits per heavy atom. The quantitative estimate of drug-likeness (QED) is 0.788. The fourth-order valence-corrected chi connectivity index (χ4v) is 2.61. The number of ether oxygens (including phenoxy) is 1. The van der Waals surface area contributed by atoms with Crippen molar-refractivity contribution in [2.45, 2.75) is 64.5 Å². The highest BCUT2D eigenvalue weighted by molar-refractivity contribution is 5.89. The predicted molar refractivity (Wildman–Crippen MR) is 93.3 cm³/mol. The second-order valence-electron chi connectivity index (χ2n) is 8.57. The molecule has 2 amide bonds. The predicted octanol–water partition coefficient (Wildman–Crippen LogP) is 2.21. The lowest BCUT2D eigenvalue weighted by atomic mass is 9.92. The van der Waals surface area contributed by atoms with E-state index in [0.717, 1.165) is 5.69 Å². The number of anilines is 1. The van der Waals surface area contributed by atoms with Crippen molar-refractivity contribution < 1.29 is 14.6 Å². The molecule has 1 unspecified atom stereocenters. The number of rotatable bonds is 3. The highest BCUT2D eigenvalue weighted by atomic mass is 16.5. The molecule has 7 nitrogen and oxygen atoms in total. The standard InChI is InChI=1S/C17H30N4O3/c1-15(2,3)12-9-13(21(20-12)16(4,5)6)18-14(23)19-17(10-22)7-8-24-11-17/h9,22H,7-8,10-11H2,1-6H3,(H2,18,19,23). The third-order valence-corrected chi connectivity index (χ3v) is 4.14. The maximum atomic E-state index is 12.4. The first kappa shape index (κ1) is 18.7. The highest BCUT2D eigenvalue weighted by Crippen LogP contribution is 2.28. The van der Waals surface area contributed by atoms with E-state index in [1.54, 1.807) is 0 Å². The Balaban J connectivity index is 2.22. The number of aliphatic hydroxyl groups is 1. The van der Waals surface area contributed by atoms with Crippen molar-refractivity contribution >= 4 is 11.8 Å². The number of hydrogen-bond donors (Lipinski definition) is 3. The van der Waals surface area contributed by atoms with Gasteiger partial charge in [0.25, 0.3) is 0 Å². The number of hydrogen-bond acceptors (Lipinski definition) is 4. The molecule has 0 aliphatic carbocycles. The van der Waals surface area contributed by atoms with Crippen molar-refractivity contribution in [3.63, 3.8) is 0 Å². The van der Waals surface area contributed by atoms with Crippen LogP contribution in [0, 0.1) is 0 Å². The van der Waals surface area contributed by atoms with Crippen LogP contribution in [-0.2, 0) is 15.7 Å². The van der Waals surface area contributed by atoms with Gasteiger partial charge in [0.15, 0.2) is 0 Å². The second kappa shape index (κ2) is 6.37. The number of carbonyl (C=O) groups excluding carboxylic acids is 1. The van der Waals surface area contributed by atoms with Gasteiger partial charge in [0, 0.05) is 18.1 Å². The van der Waals surface area contributed by atoms with Gasteiger partial charge in [-0.3, -0.25) is 5.32 Å². The van der Waals surface area contributed by atoms with Gasteiger partial charge in [-0.15, -0.1) is 0 Å². The molecule has 0 saturated carbocycles. The Bertz CT molecular complexity index is 590. The van der Waals surface area contributed by atoms with E-state index in [9.17, 15) is 9.90 Å². The van der Waals surface area contributed by atoms with E-state index in [0.29, 0.717) is 25.5 Å². The normalized spacial score (nSPS) is 21.8. The fourth-order valence-electron chi connectivity index (χ4n) is 2.61. The van der Waals surface area contributed by atoms with Crippen molar-refractivity contribution in [1.82, 2.24) is 15.1 Å². The number of nitrogens with zero attached hydrogens (tertiary/aromatic N) is 2. The molecule has 7 heteroatoms. The van der Waals surface area contributed by atoms with Gasteiger partial charge in [-0.1, -0.05) is 20.8 Å². The summed E-state index contributed by atoms with van der Waals surface area (Å²) in [5, 5.41) is 20.0. The molecule has 24 heavy (non-hydrogen) atoms. The van der Waals surface area contributed by atoms with Crippen LogP contribution < -0.4 is 10.6 Å². The number of aromatic nitrogens is 2. The smallest absolute Gasteiger partial charge is 0.320 e. The molecule has 0 bridgehead atoms. The van der Waals surface area contributed by atoms with Crippen molar-refractivity contribution in [3.8, 4) is 0 Å². The molecule has 1 aliphatic rings. The van der Waals surface area contributed by atoms with Crippen molar-refractivity contribution in [2.24, 2.45) is 0 Å². The topological polar surface area (TPSA) is 88.4 Å². The minimum Gasteiger partial charge on any atom is -0.394 e. The first-order chi connectivity index (χ1) is 11.0. The van der Waals surface area contributed by atoms with Crippen molar-refractivity contribution in [3.05, 3.63) is 11.8 Å². The minimum absolute atomic E-state index is 0.116. The lowest BCUT2D eigenvalue weighted by Crippen LogP contribution is -2.53. The van der Waals surface area contributed by atoms with E-state index in [1.807, 2.05) is 31.5 Å². The molecule has 1 aliphatic heterocycles. The van der Waals surface area contributed by atoms with Crippen LogP contribution in [0.25, 0.3) is 0 Å². The molecule has 1 fully saturated rings. The van der Waals surface area contributed by atoms with Gasteiger partial charge in [0.1, 0.15) is 5.82 Å². The fraction of sp³-hybridized carbons (Fsp3) is 0.765. The van der Waals surface area contributed by atoms with Crippen LogP contribution in [0.5, 0.6) is 0 Å². The molecule has 1 aromatic rings. The van der Waals surface area contributed by atoms with E-state index in [1.165, 1.54) is 0 Å². The Morgan fingerprint density at radius 2 is 2.04 bits per heavy atom. The van der Waals surface area contributed by atoms with Crippen LogP contribution in [-0.4, -0.2) is 46.3 Å². The van der Waals surface area contributed by atoms with Crippen LogP contribution in [0.2, 0.25) is 0 Å². The van der Waals surface area contributed by atoms with E-state index in [2.05, 4.69) is 36.5 Å². The molecule has 0 radical (unpaired) electrons. The zero-order valence-electron chi connectivity index (χ0n) is 15.6. The maximum Gasteiger partial charge on any atom is 0.320 e. The number of carbonyl (C=O) groups is 1. The molecule has 0 spiro atoms. The van der Waals surface area contributed by atoms with Gasteiger partial charge in [0.05, 0.1) is 30.0 Å². The molecule has 2 heterocycles. The number of aliphatic hydroxyl groups excluding tert-OH is 1. The second-order valence-corrected chi connectivity index (χ2v) is 8.57. The van der Waals surface area contributed by atoms with Gasteiger partial charge >= 0.3 is 6.03 Å². The molecular weight excluding hydrogens is 308 g/mol. The van der Waals surface area contributed by atoms with Crippen molar-refractivity contribution in [1.29, 1.82) is 0 Å². The summed E-state index contributed by atoms with van der Waals surface area (Å²) in [5.74, 6) is 0.636. The molecule has 1 aromatic heterocycles. The van der Waals surface area contributed by atoms with Gasteiger partial charge in [0.2, 0.25) is 0 Å². The minimum atomic E-state index is -0.705. The summed E-state index contributed by atoms with van der Waals surface area (Å²) < 4.78 is 7.13.